The van der Waals surface area contributed by atoms with E-state index in [1.807, 2.05) is 6.92 Å². The SMILES string of the molecule is CCC(N)(N)C(C)(CC)CC. The summed E-state index contributed by atoms with van der Waals surface area (Å²) < 4.78 is 0. The monoisotopic (exact) mass is 158 g/mol. The molecule has 0 radical (unpaired) electrons. The Morgan fingerprint density at radius 1 is 0.909 bits per heavy atom. The van der Waals surface area contributed by atoms with Crippen LogP contribution in [0, 0.1) is 5.41 Å². The summed E-state index contributed by atoms with van der Waals surface area (Å²) in [6.45, 7) is 8.50. The summed E-state index contributed by atoms with van der Waals surface area (Å²) in [7, 11) is 0. The first-order chi connectivity index (χ1) is 4.93. The van der Waals surface area contributed by atoms with Crippen LogP contribution in [0.5, 0.6) is 0 Å². The van der Waals surface area contributed by atoms with Crippen molar-refractivity contribution >= 4 is 0 Å². The molecule has 0 saturated heterocycles. The zero-order chi connectivity index (χ0) is 9.12. The Morgan fingerprint density at radius 2 is 1.27 bits per heavy atom. The van der Waals surface area contributed by atoms with Gasteiger partial charge in [0.25, 0.3) is 0 Å². The van der Waals surface area contributed by atoms with E-state index < -0.39 is 5.66 Å². The van der Waals surface area contributed by atoms with Gasteiger partial charge in [-0.05, 0) is 24.7 Å². The fraction of sp³-hybridized carbons (Fsp3) is 1.00. The second kappa shape index (κ2) is 3.55. The van der Waals surface area contributed by atoms with Gasteiger partial charge in [0.05, 0.1) is 5.66 Å². The van der Waals surface area contributed by atoms with E-state index in [4.69, 9.17) is 11.5 Å². The molecule has 0 fully saturated rings. The van der Waals surface area contributed by atoms with Crippen molar-refractivity contribution in [3.05, 3.63) is 0 Å². The molecule has 11 heavy (non-hydrogen) atoms. The first-order valence-corrected chi connectivity index (χ1v) is 4.51. The standard InChI is InChI=1S/C9H22N2/c1-5-8(4,6-2)9(10,11)7-3/h5-7,10-11H2,1-4H3. The molecule has 2 nitrogen and oxygen atoms in total. The van der Waals surface area contributed by atoms with E-state index in [2.05, 4.69) is 20.8 Å². The first kappa shape index (κ1) is 10.9. The van der Waals surface area contributed by atoms with Crippen molar-refractivity contribution in [2.24, 2.45) is 16.9 Å². The Kier molecular flexibility index (Phi) is 3.52. The molecule has 68 valence electrons. The van der Waals surface area contributed by atoms with E-state index in [0.29, 0.717) is 0 Å². The molecule has 4 N–H and O–H groups in total. The van der Waals surface area contributed by atoms with Crippen molar-refractivity contribution in [3.8, 4) is 0 Å². The van der Waals surface area contributed by atoms with E-state index in [-0.39, 0.29) is 5.41 Å². The first-order valence-electron chi connectivity index (χ1n) is 4.51. The minimum absolute atomic E-state index is 0.0851. The van der Waals surface area contributed by atoms with Gasteiger partial charge in [-0.3, -0.25) is 0 Å². The lowest BCUT2D eigenvalue weighted by atomic mass is 9.72. The quantitative estimate of drug-likeness (QED) is 0.613. The zero-order valence-electron chi connectivity index (χ0n) is 8.28. The molecule has 0 amide bonds. The largest absolute Gasteiger partial charge is 0.313 e. The lowest BCUT2D eigenvalue weighted by Gasteiger charge is -2.42. The van der Waals surface area contributed by atoms with E-state index in [0.717, 1.165) is 19.3 Å². The highest BCUT2D eigenvalue weighted by molar-refractivity contribution is 4.92. The molecule has 0 aliphatic rings. The summed E-state index contributed by atoms with van der Waals surface area (Å²) >= 11 is 0. The molecule has 0 aromatic carbocycles. The fourth-order valence-electron chi connectivity index (χ4n) is 1.34. The van der Waals surface area contributed by atoms with Crippen molar-refractivity contribution in [1.82, 2.24) is 0 Å². The minimum atomic E-state index is -0.503. The minimum Gasteiger partial charge on any atom is -0.313 e. The molecule has 0 aromatic rings. The van der Waals surface area contributed by atoms with E-state index in [1.54, 1.807) is 0 Å². The molecule has 0 atom stereocenters. The Labute approximate surface area is 70.3 Å². The van der Waals surface area contributed by atoms with Crippen LogP contribution in [0.4, 0.5) is 0 Å². The van der Waals surface area contributed by atoms with E-state index in [1.165, 1.54) is 0 Å². The molecule has 0 spiro atoms. The maximum Gasteiger partial charge on any atom is 0.0688 e. The molecule has 0 aromatic heterocycles. The molecule has 0 unspecified atom stereocenters. The third kappa shape index (κ3) is 1.94. The lowest BCUT2D eigenvalue weighted by Crippen LogP contribution is -2.60. The number of rotatable bonds is 4. The molecular weight excluding hydrogens is 136 g/mol. The third-order valence-electron chi connectivity index (χ3n) is 3.27. The van der Waals surface area contributed by atoms with Gasteiger partial charge in [-0.2, -0.15) is 0 Å². The zero-order valence-corrected chi connectivity index (χ0v) is 8.28. The Morgan fingerprint density at radius 3 is 1.36 bits per heavy atom. The van der Waals surface area contributed by atoms with Gasteiger partial charge in [0.1, 0.15) is 0 Å². The topological polar surface area (TPSA) is 52.0 Å². The summed E-state index contributed by atoms with van der Waals surface area (Å²) in [6.07, 6.45) is 2.93. The molecule has 0 bridgehead atoms. The van der Waals surface area contributed by atoms with Gasteiger partial charge in [0.15, 0.2) is 0 Å². The smallest absolute Gasteiger partial charge is 0.0688 e. The van der Waals surface area contributed by atoms with Crippen molar-refractivity contribution in [2.75, 3.05) is 0 Å². The maximum atomic E-state index is 5.99. The van der Waals surface area contributed by atoms with Gasteiger partial charge in [-0.15, -0.1) is 0 Å². The lowest BCUT2D eigenvalue weighted by molar-refractivity contribution is 0.127. The highest BCUT2D eigenvalue weighted by Crippen LogP contribution is 2.34. The van der Waals surface area contributed by atoms with E-state index in [9.17, 15) is 0 Å². The van der Waals surface area contributed by atoms with Gasteiger partial charge in [-0.25, -0.2) is 0 Å². The van der Waals surface area contributed by atoms with Crippen LogP contribution < -0.4 is 11.5 Å². The third-order valence-corrected chi connectivity index (χ3v) is 3.27. The summed E-state index contributed by atoms with van der Waals surface area (Å²) in [6, 6.07) is 0. The Balaban J connectivity index is 4.47. The van der Waals surface area contributed by atoms with Crippen LogP contribution in [0.1, 0.15) is 47.0 Å². The average molecular weight is 158 g/mol. The predicted molar refractivity (Wildman–Crippen MR) is 50.1 cm³/mol. The molecular formula is C9H22N2. The summed E-state index contributed by atoms with van der Waals surface area (Å²) in [5.41, 5.74) is 11.6. The molecule has 0 saturated carbocycles. The fourth-order valence-corrected chi connectivity index (χ4v) is 1.34. The van der Waals surface area contributed by atoms with Crippen LogP contribution in [0.25, 0.3) is 0 Å². The Hall–Kier alpha value is -0.0800. The predicted octanol–water partition coefficient (Wildman–Crippen LogP) is 1.84. The van der Waals surface area contributed by atoms with Crippen LogP contribution >= 0.6 is 0 Å². The van der Waals surface area contributed by atoms with Crippen LogP contribution in [0.3, 0.4) is 0 Å². The second-order valence-electron chi connectivity index (χ2n) is 3.66. The number of nitrogens with two attached hydrogens (primary N) is 2. The highest BCUT2D eigenvalue weighted by atomic mass is 15.0. The van der Waals surface area contributed by atoms with Gasteiger partial charge < -0.3 is 11.5 Å². The summed E-state index contributed by atoms with van der Waals surface area (Å²) in [5.74, 6) is 0. The molecule has 0 aliphatic carbocycles. The Bertz CT molecular complexity index is 115. The van der Waals surface area contributed by atoms with E-state index >= 15 is 0 Å². The van der Waals surface area contributed by atoms with Gasteiger partial charge >= 0.3 is 0 Å². The van der Waals surface area contributed by atoms with Crippen LogP contribution in [-0.2, 0) is 0 Å². The van der Waals surface area contributed by atoms with Crippen molar-refractivity contribution < 1.29 is 0 Å². The van der Waals surface area contributed by atoms with Crippen molar-refractivity contribution in [3.63, 3.8) is 0 Å². The van der Waals surface area contributed by atoms with Crippen LogP contribution in [-0.4, -0.2) is 5.66 Å². The van der Waals surface area contributed by atoms with Gasteiger partial charge in [0.2, 0.25) is 0 Å². The molecule has 0 aliphatic heterocycles. The van der Waals surface area contributed by atoms with Gasteiger partial charge in [0, 0.05) is 0 Å². The van der Waals surface area contributed by atoms with Crippen LogP contribution in [0.15, 0.2) is 0 Å². The molecule has 0 heterocycles. The summed E-state index contributed by atoms with van der Waals surface area (Å²) in [4.78, 5) is 0. The maximum absolute atomic E-state index is 5.99. The van der Waals surface area contributed by atoms with Crippen LogP contribution in [0.2, 0.25) is 0 Å². The normalized spacial score (nSPS) is 13.6. The molecule has 0 rings (SSSR count). The van der Waals surface area contributed by atoms with Crippen molar-refractivity contribution in [2.45, 2.75) is 52.6 Å². The van der Waals surface area contributed by atoms with Crippen molar-refractivity contribution in [1.29, 1.82) is 0 Å². The van der Waals surface area contributed by atoms with Gasteiger partial charge in [-0.1, -0.05) is 27.7 Å². The number of hydrogen-bond acceptors (Lipinski definition) is 2. The molecule has 2 heteroatoms. The number of hydrogen-bond donors (Lipinski definition) is 2. The highest BCUT2D eigenvalue weighted by Gasteiger charge is 2.37. The summed E-state index contributed by atoms with van der Waals surface area (Å²) in [5, 5.41) is 0. The average Bonchev–Trinajstić information content (AvgIpc) is 2.02. The second-order valence-corrected chi connectivity index (χ2v) is 3.66.